The number of hydrogen-bond acceptors (Lipinski definition) is 4. The van der Waals surface area contributed by atoms with Crippen molar-refractivity contribution in [2.75, 3.05) is 25.0 Å². The number of aromatic nitrogens is 1. The van der Waals surface area contributed by atoms with Gasteiger partial charge in [-0.25, -0.2) is 4.39 Å². The molecule has 170 valence electrons. The Bertz CT molecular complexity index is 1250. The third-order valence-electron chi connectivity index (χ3n) is 5.51. The second-order valence-corrected chi connectivity index (χ2v) is 8.30. The maximum Gasteiger partial charge on any atom is 0.254 e. The number of anilines is 1. The van der Waals surface area contributed by atoms with Crippen LogP contribution in [-0.2, 0) is 9.59 Å². The van der Waals surface area contributed by atoms with Gasteiger partial charge in [0.05, 0.1) is 24.3 Å². The van der Waals surface area contributed by atoms with E-state index in [0.717, 1.165) is 6.42 Å². The Morgan fingerprint density at radius 1 is 1.21 bits per heavy atom. The second kappa shape index (κ2) is 9.54. The third-order valence-corrected chi connectivity index (χ3v) is 5.75. The van der Waals surface area contributed by atoms with E-state index in [-0.39, 0.29) is 30.8 Å². The summed E-state index contributed by atoms with van der Waals surface area (Å²) in [6.45, 7) is 2.30. The molecule has 1 aliphatic rings. The van der Waals surface area contributed by atoms with Crippen LogP contribution in [0.3, 0.4) is 0 Å². The fraction of sp³-hybridized carbons (Fsp3) is 0.250. The van der Waals surface area contributed by atoms with Gasteiger partial charge in [0.2, 0.25) is 11.8 Å². The van der Waals surface area contributed by atoms with Crippen LogP contribution >= 0.6 is 11.6 Å². The van der Waals surface area contributed by atoms with Gasteiger partial charge < -0.3 is 15.5 Å². The van der Waals surface area contributed by atoms with Crippen LogP contribution in [0.4, 0.5) is 10.1 Å². The quantitative estimate of drug-likeness (QED) is 0.576. The number of fused-ring (bicyclic) bond motifs is 2. The summed E-state index contributed by atoms with van der Waals surface area (Å²) in [4.78, 5) is 44.1. The predicted octanol–water partition coefficient (Wildman–Crippen LogP) is 3.73. The highest BCUT2D eigenvalue weighted by atomic mass is 35.5. The van der Waals surface area contributed by atoms with Gasteiger partial charge in [0.15, 0.2) is 0 Å². The van der Waals surface area contributed by atoms with Gasteiger partial charge in [0.25, 0.3) is 5.91 Å². The summed E-state index contributed by atoms with van der Waals surface area (Å²) < 4.78 is 13.6. The van der Waals surface area contributed by atoms with E-state index in [1.54, 1.807) is 24.3 Å². The van der Waals surface area contributed by atoms with Gasteiger partial charge in [0.1, 0.15) is 5.82 Å². The van der Waals surface area contributed by atoms with Crippen LogP contribution in [0, 0.1) is 5.82 Å². The number of carbonyl (C=O) groups is 3. The molecule has 2 N–H and O–H groups in total. The molecular formula is C24H22ClFN4O3. The molecule has 1 aliphatic heterocycles. The van der Waals surface area contributed by atoms with Crippen molar-refractivity contribution in [1.82, 2.24) is 15.2 Å². The Balaban J connectivity index is 1.64. The zero-order chi connectivity index (χ0) is 23.5. The highest BCUT2D eigenvalue weighted by molar-refractivity contribution is 6.30. The highest BCUT2D eigenvalue weighted by Gasteiger charge is 2.36. The van der Waals surface area contributed by atoms with E-state index in [9.17, 15) is 18.8 Å². The molecule has 33 heavy (non-hydrogen) atoms. The van der Waals surface area contributed by atoms with E-state index in [1.807, 2.05) is 6.92 Å². The fourth-order valence-electron chi connectivity index (χ4n) is 3.91. The van der Waals surface area contributed by atoms with E-state index >= 15 is 0 Å². The number of rotatable bonds is 6. The molecule has 3 amide bonds. The number of nitrogens with one attached hydrogen (secondary N) is 2. The molecule has 0 fully saturated rings. The molecule has 0 bridgehead atoms. The van der Waals surface area contributed by atoms with E-state index < -0.39 is 11.7 Å². The molecule has 1 unspecified atom stereocenters. The van der Waals surface area contributed by atoms with Crippen molar-refractivity contribution in [3.8, 4) is 0 Å². The number of nitrogens with zero attached hydrogens (tertiary/aromatic N) is 2. The van der Waals surface area contributed by atoms with Gasteiger partial charge in [-0.05, 0) is 48.4 Å². The zero-order valence-corrected chi connectivity index (χ0v) is 18.7. The number of amides is 3. The van der Waals surface area contributed by atoms with E-state index in [4.69, 9.17) is 11.6 Å². The number of carbonyl (C=O) groups excluding carboxylic acids is 3. The van der Waals surface area contributed by atoms with Crippen LogP contribution in [0.5, 0.6) is 0 Å². The SMILES string of the molecule is CCCNC(=O)CN1CC(C(=O)Nc2cncc3cc(F)ccc23)c2cc(Cl)ccc2C1=O. The minimum absolute atomic E-state index is 0.0182. The molecular weight excluding hydrogens is 447 g/mol. The van der Waals surface area contributed by atoms with Crippen LogP contribution in [0.25, 0.3) is 10.8 Å². The minimum Gasteiger partial charge on any atom is -0.355 e. The first kappa shape index (κ1) is 22.7. The fourth-order valence-corrected chi connectivity index (χ4v) is 4.09. The van der Waals surface area contributed by atoms with Crippen molar-refractivity contribution in [1.29, 1.82) is 0 Å². The van der Waals surface area contributed by atoms with Gasteiger partial charge in [0, 0.05) is 40.6 Å². The summed E-state index contributed by atoms with van der Waals surface area (Å²) >= 11 is 6.16. The van der Waals surface area contributed by atoms with Crippen LogP contribution in [0.1, 0.15) is 35.2 Å². The molecule has 2 aromatic carbocycles. The third kappa shape index (κ3) is 4.80. The van der Waals surface area contributed by atoms with Crippen LogP contribution in [-0.4, -0.2) is 47.2 Å². The first-order chi connectivity index (χ1) is 15.9. The molecule has 2 heterocycles. The summed E-state index contributed by atoms with van der Waals surface area (Å²) in [5, 5.41) is 7.18. The molecule has 7 nitrogen and oxygen atoms in total. The summed E-state index contributed by atoms with van der Waals surface area (Å²) in [7, 11) is 0. The lowest BCUT2D eigenvalue weighted by Gasteiger charge is -2.33. The molecule has 0 saturated carbocycles. The highest BCUT2D eigenvalue weighted by Crippen LogP contribution is 2.32. The Morgan fingerprint density at radius 3 is 2.82 bits per heavy atom. The first-order valence-electron chi connectivity index (χ1n) is 10.6. The lowest BCUT2D eigenvalue weighted by molar-refractivity contribution is -0.123. The number of benzene rings is 2. The molecule has 9 heteroatoms. The lowest BCUT2D eigenvalue weighted by atomic mass is 9.88. The molecule has 0 aliphatic carbocycles. The van der Waals surface area contributed by atoms with Gasteiger partial charge in [-0.1, -0.05) is 18.5 Å². The van der Waals surface area contributed by atoms with Crippen molar-refractivity contribution < 1.29 is 18.8 Å². The van der Waals surface area contributed by atoms with Gasteiger partial charge in [-0.3, -0.25) is 19.4 Å². The molecule has 0 saturated heterocycles. The standard InChI is InChI=1S/C24H22ClFN4O3/c1-2-7-28-22(31)13-30-12-20(19-9-15(25)3-5-18(19)24(30)33)23(32)29-21-11-27-10-14-8-16(26)4-6-17(14)21/h3-6,8-11,20H,2,7,12-13H2,1H3,(H,28,31)(H,29,32). The van der Waals surface area contributed by atoms with Crippen LogP contribution in [0.2, 0.25) is 5.02 Å². The maximum atomic E-state index is 13.6. The van der Waals surface area contributed by atoms with Gasteiger partial charge in [-0.2, -0.15) is 0 Å². The smallest absolute Gasteiger partial charge is 0.254 e. The number of halogens is 2. The zero-order valence-electron chi connectivity index (χ0n) is 17.9. The minimum atomic E-state index is -0.758. The molecule has 1 aromatic heterocycles. The topological polar surface area (TPSA) is 91.4 Å². The molecule has 0 radical (unpaired) electrons. The molecule has 3 aromatic rings. The summed E-state index contributed by atoms with van der Waals surface area (Å²) in [5.41, 5.74) is 1.24. The summed E-state index contributed by atoms with van der Waals surface area (Å²) in [5.74, 6) is -2.17. The maximum absolute atomic E-state index is 13.6. The normalized spacial score (nSPS) is 15.3. The monoisotopic (exact) mass is 468 g/mol. The lowest BCUT2D eigenvalue weighted by Crippen LogP contribution is -2.47. The van der Waals surface area contributed by atoms with E-state index in [0.29, 0.717) is 39.2 Å². The molecule has 4 rings (SSSR count). The number of hydrogen-bond donors (Lipinski definition) is 2. The van der Waals surface area contributed by atoms with Crippen molar-refractivity contribution in [3.63, 3.8) is 0 Å². The Kier molecular flexibility index (Phi) is 6.55. The van der Waals surface area contributed by atoms with Crippen molar-refractivity contribution in [3.05, 3.63) is 70.8 Å². The Morgan fingerprint density at radius 2 is 2.03 bits per heavy atom. The molecule has 1 atom stereocenters. The van der Waals surface area contributed by atoms with Crippen molar-refractivity contribution in [2.45, 2.75) is 19.3 Å². The average Bonchev–Trinajstić information content (AvgIpc) is 2.79. The first-order valence-corrected chi connectivity index (χ1v) is 10.9. The predicted molar refractivity (Wildman–Crippen MR) is 124 cm³/mol. The Labute approximate surface area is 194 Å². The average molecular weight is 469 g/mol. The second-order valence-electron chi connectivity index (χ2n) is 7.86. The van der Waals surface area contributed by atoms with Crippen molar-refractivity contribution in [2.24, 2.45) is 0 Å². The van der Waals surface area contributed by atoms with Gasteiger partial charge >= 0.3 is 0 Å². The van der Waals surface area contributed by atoms with Crippen LogP contribution < -0.4 is 10.6 Å². The van der Waals surface area contributed by atoms with E-state index in [1.165, 1.54) is 29.4 Å². The van der Waals surface area contributed by atoms with E-state index in [2.05, 4.69) is 15.6 Å². The van der Waals surface area contributed by atoms with Gasteiger partial charge in [-0.15, -0.1) is 0 Å². The summed E-state index contributed by atoms with van der Waals surface area (Å²) in [6.07, 6.45) is 3.77. The number of pyridine rings is 1. The molecule has 0 spiro atoms. The summed E-state index contributed by atoms with van der Waals surface area (Å²) in [6, 6.07) is 8.97. The van der Waals surface area contributed by atoms with Crippen LogP contribution in [0.15, 0.2) is 48.8 Å². The van der Waals surface area contributed by atoms with Crippen molar-refractivity contribution >= 4 is 45.8 Å². The Hall–Kier alpha value is -3.52. The largest absolute Gasteiger partial charge is 0.355 e.